The Hall–Kier alpha value is -2.22. The normalized spacial score (nSPS) is 19.2. The monoisotopic (exact) mass is 382 g/mol. The van der Waals surface area contributed by atoms with E-state index >= 15 is 0 Å². The summed E-state index contributed by atoms with van der Waals surface area (Å²) >= 11 is 3.30. The number of fused-ring (bicyclic) bond motifs is 1. The topological polar surface area (TPSA) is 85.9 Å². The van der Waals surface area contributed by atoms with Crippen molar-refractivity contribution < 1.29 is 23.8 Å². The number of esters is 1. The van der Waals surface area contributed by atoms with Crippen molar-refractivity contribution in [3.8, 4) is 11.5 Å². The van der Waals surface area contributed by atoms with E-state index in [0.29, 0.717) is 33.7 Å². The van der Waals surface area contributed by atoms with E-state index in [4.69, 9.17) is 14.2 Å². The first-order valence-electron chi connectivity index (χ1n) is 7.07. The molecule has 0 unspecified atom stereocenters. The van der Waals surface area contributed by atoms with Crippen molar-refractivity contribution in [2.24, 2.45) is 0 Å². The Morgan fingerprint density at radius 3 is 2.91 bits per heavy atom. The van der Waals surface area contributed by atoms with Crippen LogP contribution >= 0.6 is 15.9 Å². The molecule has 2 heterocycles. The first-order valence-corrected chi connectivity index (χ1v) is 8.19. The molecule has 1 atom stereocenters. The van der Waals surface area contributed by atoms with Crippen LogP contribution in [-0.4, -0.2) is 30.7 Å². The molecule has 1 aromatic carbocycles. The molecule has 2 aliphatic rings. The highest BCUT2D eigenvalue weighted by atomic mass is 79.9. The molecule has 23 heavy (non-hydrogen) atoms. The Morgan fingerprint density at radius 2 is 2.17 bits per heavy atom. The minimum Gasteiger partial charge on any atom is -0.463 e. The zero-order valence-corrected chi connectivity index (χ0v) is 13.9. The third kappa shape index (κ3) is 2.98. The van der Waals surface area contributed by atoms with Gasteiger partial charge < -0.3 is 24.8 Å². The number of benzene rings is 1. The molecule has 0 spiro atoms. The fourth-order valence-electron chi connectivity index (χ4n) is 2.52. The fourth-order valence-corrected chi connectivity index (χ4v) is 2.96. The van der Waals surface area contributed by atoms with Crippen LogP contribution in [0.5, 0.6) is 11.5 Å². The average Bonchev–Trinajstić information content (AvgIpc) is 3.01. The summed E-state index contributed by atoms with van der Waals surface area (Å²) in [5, 5.41) is 5.71. The van der Waals surface area contributed by atoms with Crippen LogP contribution in [0.3, 0.4) is 0 Å². The van der Waals surface area contributed by atoms with Crippen molar-refractivity contribution in [2.45, 2.75) is 13.0 Å². The largest absolute Gasteiger partial charge is 0.463 e. The molecule has 0 radical (unpaired) electrons. The lowest BCUT2D eigenvalue weighted by atomic mass is 9.95. The van der Waals surface area contributed by atoms with Gasteiger partial charge in [0, 0.05) is 11.0 Å². The van der Waals surface area contributed by atoms with Crippen molar-refractivity contribution in [3.63, 3.8) is 0 Å². The summed E-state index contributed by atoms with van der Waals surface area (Å²) in [4.78, 5) is 24.2. The molecule has 0 bridgehead atoms. The van der Waals surface area contributed by atoms with Gasteiger partial charge >= 0.3 is 12.0 Å². The van der Waals surface area contributed by atoms with Crippen LogP contribution in [0.25, 0.3) is 0 Å². The number of carbonyl (C=O) groups excluding carboxylic acids is 2. The molecular formula is C15H15BrN2O5. The van der Waals surface area contributed by atoms with E-state index in [0.717, 1.165) is 0 Å². The van der Waals surface area contributed by atoms with Gasteiger partial charge in [0.15, 0.2) is 11.5 Å². The standard InChI is InChI=1S/C15H15BrN2O5/c1-2-21-14(19)12-9(6-16)17-15(20)18-13(12)8-3-4-10-11(5-8)23-7-22-10/h3-5,13H,2,6-7H2,1H3,(H2,17,18,20)/t13-/m0/s1. The fraction of sp³-hybridized carbons (Fsp3) is 0.333. The number of urea groups is 1. The second kappa shape index (κ2) is 6.49. The third-order valence-electron chi connectivity index (χ3n) is 3.51. The molecule has 3 rings (SSSR count). The molecular weight excluding hydrogens is 368 g/mol. The molecule has 0 aromatic heterocycles. The Labute approximate surface area is 141 Å². The molecule has 1 aromatic rings. The van der Waals surface area contributed by atoms with Crippen LogP contribution in [-0.2, 0) is 9.53 Å². The number of rotatable bonds is 4. The first kappa shape index (κ1) is 15.7. The lowest BCUT2D eigenvalue weighted by molar-refractivity contribution is -0.139. The highest BCUT2D eigenvalue weighted by molar-refractivity contribution is 9.09. The molecule has 2 aliphatic heterocycles. The van der Waals surface area contributed by atoms with Gasteiger partial charge in [0.2, 0.25) is 6.79 Å². The molecule has 8 heteroatoms. The zero-order valence-electron chi connectivity index (χ0n) is 12.3. The van der Waals surface area contributed by atoms with Gasteiger partial charge in [0.25, 0.3) is 0 Å². The minimum atomic E-state index is -0.621. The highest BCUT2D eigenvalue weighted by Crippen LogP contribution is 2.37. The lowest BCUT2D eigenvalue weighted by Crippen LogP contribution is -2.46. The summed E-state index contributed by atoms with van der Waals surface area (Å²) < 4.78 is 15.8. The molecule has 2 amide bonds. The maximum absolute atomic E-state index is 12.3. The highest BCUT2D eigenvalue weighted by Gasteiger charge is 2.34. The number of halogens is 1. The summed E-state index contributed by atoms with van der Waals surface area (Å²) in [5.74, 6) is 0.743. The van der Waals surface area contributed by atoms with E-state index < -0.39 is 12.0 Å². The van der Waals surface area contributed by atoms with Gasteiger partial charge in [-0.25, -0.2) is 9.59 Å². The van der Waals surface area contributed by atoms with Crippen molar-refractivity contribution >= 4 is 27.9 Å². The molecule has 0 fully saturated rings. The first-order chi connectivity index (χ1) is 11.1. The molecule has 0 saturated carbocycles. The average molecular weight is 383 g/mol. The van der Waals surface area contributed by atoms with E-state index in [1.165, 1.54) is 0 Å². The van der Waals surface area contributed by atoms with Gasteiger partial charge in [-0.05, 0) is 24.6 Å². The molecule has 7 nitrogen and oxygen atoms in total. The van der Waals surface area contributed by atoms with Crippen LogP contribution in [0.1, 0.15) is 18.5 Å². The van der Waals surface area contributed by atoms with Crippen LogP contribution < -0.4 is 20.1 Å². The number of amides is 2. The van der Waals surface area contributed by atoms with Crippen LogP contribution in [0.4, 0.5) is 4.79 Å². The predicted molar refractivity (Wildman–Crippen MR) is 84.4 cm³/mol. The Balaban J connectivity index is 2.03. The summed E-state index contributed by atoms with van der Waals surface area (Å²) in [5.41, 5.74) is 1.56. The lowest BCUT2D eigenvalue weighted by Gasteiger charge is -2.28. The quantitative estimate of drug-likeness (QED) is 0.614. The van der Waals surface area contributed by atoms with E-state index in [1.807, 2.05) is 0 Å². The number of hydrogen-bond donors (Lipinski definition) is 2. The summed E-state index contributed by atoms with van der Waals surface area (Å²) in [7, 11) is 0. The Bertz CT molecular complexity index is 688. The number of nitrogens with one attached hydrogen (secondary N) is 2. The van der Waals surface area contributed by atoms with E-state index in [2.05, 4.69) is 26.6 Å². The Morgan fingerprint density at radius 1 is 1.39 bits per heavy atom. The number of ether oxygens (including phenoxy) is 3. The van der Waals surface area contributed by atoms with Crippen molar-refractivity contribution in [1.29, 1.82) is 0 Å². The predicted octanol–water partition coefficient (Wildman–Crippen LogP) is 1.98. The number of carbonyl (C=O) groups is 2. The minimum absolute atomic E-state index is 0.157. The second-order valence-corrected chi connectivity index (χ2v) is 5.45. The van der Waals surface area contributed by atoms with Gasteiger partial charge in [-0.15, -0.1) is 0 Å². The van der Waals surface area contributed by atoms with Gasteiger partial charge in [-0.3, -0.25) is 0 Å². The van der Waals surface area contributed by atoms with Crippen LogP contribution in [0, 0.1) is 0 Å². The van der Waals surface area contributed by atoms with Gasteiger partial charge in [0.05, 0.1) is 18.2 Å². The van der Waals surface area contributed by atoms with E-state index in [9.17, 15) is 9.59 Å². The maximum atomic E-state index is 12.3. The van der Waals surface area contributed by atoms with Crippen LogP contribution in [0.2, 0.25) is 0 Å². The number of hydrogen-bond acceptors (Lipinski definition) is 5. The van der Waals surface area contributed by atoms with E-state index in [-0.39, 0.29) is 19.4 Å². The van der Waals surface area contributed by atoms with Crippen LogP contribution in [0.15, 0.2) is 29.5 Å². The molecule has 0 saturated heterocycles. The number of alkyl halides is 1. The van der Waals surface area contributed by atoms with Crippen molar-refractivity contribution in [3.05, 3.63) is 35.0 Å². The third-order valence-corrected chi connectivity index (χ3v) is 4.07. The van der Waals surface area contributed by atoms with Gasteiger partial charge in [-0.1, -0.05) is 22.0 Å². The Kier molecular flexibility index (Phi) is 4.42. The van der Waals surface area contributed by atoms with Crippen molar-refractivity contribution in [1.82, 2.24) is 10.6 Å². The zero-order chi connectivity index (χ0) is 16.4. The molecule has 0 aliphatic carbocycles. The SMILES string of the molecule is CCOC(=O)C1=C(CBr)NC(=O)N[C@H]1c1ccc2c(c1)OCO2. The smallest absolute Gasteiger partial charge is 0.338 e. The van der Waals surface area contributed by atoms with E-state index in [1.54, 1.807) is 25.1 Å². The number of allylic oxidation sites excluding steroid dienone is 1. The summed E-state index contributed by atoms with van der Waals surface area (Å²) in [6.45, 7) is 2.14. The van der Waals surface area contributed by atoms with Gasteiger partial charge in [-0.2, -0.15) is 0 Å². The summed E-state index contributed by atoms with van der Waals surface area (Å²) in [6, 6.07) is 4.29. The maximum Gasteiger partial charge on any atom is 0.338 e. The van der Waals surface area contributed by atoms with Gasteiger partial charge in [0.1, 0.15) is 0 Å². The summed E-state index contributed by atoms with van der Waals surface area (Å²) in [6.07, 6.45) is 0. The second-order valence-electron chi connectivity index (χ2n) is 4.89. The molecule has 2 N–H and O–H groups in total. The van der Waals surface area contributed by atoms with Crippen molar-refractivity contribution in [2.75, 3.05) is 18.7 Å². The molecule has 122 valence electrons.